The van der Waals surface area contributed by atoms with Crippen molar-refractivity contribution in [3.63, 3.8) is 0 Å². The highest BCUT2D eigenvalue weighted by atomic mass is 35.5. The van der Waals surface area contributed by atoms with E-state index in [0.717, 1.165) is 5.56 Å². The first-order valence-electron chi connectivity index (χ1n) is 7.10. The van der Waals surface area contributed by atoms with Crippen LogP contribution in [-0.2, 0) is 11.3 Å². The second-order valence-electron chi connectivity index (χ2n) is 5.08. The molecule has 0 radical (unpaired) electrons. The SMILES string of the molecule is CN(Cc1cc(Cl)ccc1NC(=O)c1ccccc1)C(=O)CN. The molecular weight excluding hydrogens is 314 g/mol. The second-order valence-corrected chi connectivity index (χ2v) is 5.51. The molecule has 2 aromatic rings. The molecule has 0 aliphatic carbocycles. The molecule has 0 atom stereocenters. The van der Waals surface area contributed by atoms with Gasteiger partial charge in [-0.15, -0.1) is 0 Å². The Hall–Kier alpha value is -2.37. The summed E-state index contributed by atoms with van der Waals surface area (Å²) in [4.78, 5) is 25.4. The quantitative estimate of drug-likeness (QED) is 0.884. The van der Waals surface area contributed by atoms with Crippen LogP contribution >= 0.6 is 11.6 Å². The third-order valence-corrected chi connectivity index (χ3v) is 3.59. The van der Waals surface area contributed by atoms with E-state index in [1.165, 1.54) is 4.90 Å². The molecule has 3 N–H and O–H groups in total. The molecule has 0 unspecified atom stereocenters. The number of rotatable bonds is 5. The highest BCUT2D eigenvalue weighted by Crippen LogP contribution is 2.22. The van der Waals surface area contributed by atoms with Crippen LogP contribution in [0.15, 0.2) is 48.5 Å². The number of hydrogen-bond donors (Lipinski definition) is 2. The summed E-state index contributed by atoms with van der Waals surface area (Å²) >= 11 is 6.03. The number of likely N-dealkylation sites (N-methyl/N-ethyl adjacent to an activating group) is 1. The molecule has 0 bridgehead atoms. The zero-order valence-corrected chi connectivity index (χ0v) is 13.5. The van der Waals surface area contributed by atoms with Gasteiger partial charge in [-0.25, -0.2) is 0 Å². The average Bonchev–Trinajstić information content (AvgIpc) is 2.57. The van der Waals surface area contributed by atoms with Gasteiger partial charge in [-0.3, -0.25) is 9.59 Å². The van der Waals surface area contributed by atoms with Crippen molar-refractivity contribution in [2.45, 2.75) is 6.54 Å². The maximum Gasteiger partial charge on any atom is 0.255 e. The number of nitrogens with zero attached hydrogens (tertiary/aromatic N) is 1. The minimum Gasteiger partial charge on any atom is -0.340 e. The zero-order chi connectivity index (χ0) is 16.8. The molecule has 0 spiro atoms. The van der Waals surface area contributed by atoms with Gasteiger partial charge in [0, 0.05) is 29.9 Å². The number of nitrogens with two attached hydrogens (primary N) is 1. The molecule has 5 nitrogen and oxygen atoms in total. The number of halogens is 1. The Morgan fingerprint density at radius 1 is 1.17 bits per heavy atom. The zero-order valence-electron chi connectivity index (χ0n) is 12.8. The van der Waals surface area contributed by atoms with Crippen molar-refractivity contribution in [3.05, 3.63) is 64.7 Å². The molecule has 120 valence electrons. The minimum atomic E-state index is -0.220. The fourth-order valence-corrected chi connectivity index (χ4v) is 2.29. The van der Waals surface area contributed by atoms with Crippen LogP contribution in [0.3, 0.4) is 0 Å². The third-order valence-electron chi connectivity index (χ3n) is 3.36. The summed E-state index contributed by atoms with van der Waals surface area (Å²) in [6.45, 7) is 0.240. The lowest BCUT2D eigenvalue weighted by atomic mass is 10.1. The smallest absolute Gasteiger partial charge is 0.255 e. The van der Waals surface area contributed by atoms with Crippen molar-refractivity contribution in [3.8, 4) is 0 Å². The fraction of sp³-hybridized carbons (Fsp3) is 0.176. The van der Waals surface area contributed by atoms with Gasteiger partial charge in [0.1, 0.15) is 0 Å². The lowest BCUT2D eigenvalue weighted by Crippen LogP contribution is -2.32. The van der Waals surface area contributed by atoms with Crippen LogP contribution in [0.25, 0.3) is 0 Å². The van der Waals surface area contributed by atoms with Gasteiger partial charge < -0.3 is 16.0 Å². The molecular formula is C17H18ClN3O2. The van der Waals surface area contributed by atoms with E-state index in [-0.39, 0.29) is 18.4 Å². The van der Waals surface area contributed by atoms with E-state index in [1.807, 2.05) is 6.07 Å². The van der Waals surface area contributed by atoms with Crippen molar-refractivity contribution in [2.24, 2.45) is 5.73 Å². The summed E-state index contributed by atoms with van der Waals surface area (Å²) < 4.78 is 0. The Balaban J connectivity index is 2.21. The molecule has 0 aliphatic heterocycles. The molecule has 6 heteroatoms. The Labute approximate surface area is 140 Å². The summed E-state index contributed by atoms with van der Waals surface area (Å²) in [6.07, 6.45) is 0. The predicted octanol–water partition coefficient (Wildman–Crippen LogP) is 2.51. The molecule has 2 amide bonds. The van der Waals surface area contributed by atoms with Crippen molar-refractivity contribution in [1.82, 2.24) is 4.90 Å². The number of carbonyl (C=O) groups is 2. The van der Waals surface area contributed by atoms with Crippen molar-refractivity contribution >= 4 is 29.1 Å². The Morgan fingerprint density at radius 3 is 2.52 bits per heavy atom. The maximum atomic E-state index is 12.3. The van der Waals surface area contributed by atoms with Gasteiger partial charge in [0.15, 0.2) is 0 Å². The van der Waals surface area contributed by atoms with Crippen LogP contribution < -0.4 is 11.1 Å². The molecule has 0 aromatic heterocycles. The molecule has 0 fully saturated rings. The number of carbonyl (C=O) groups excluding carboxylic acids is 2. The lowest BCUT2D eigenvalue weighted by molar-refractivity contribution is -0.128. The summed E-state index contributed by atoms with van der Waals surface area (Å²) in [6, 6.07) is 14.0. The van der Waals surface area contributed by atoms with Crippen LogP contribution in [0.1, 0.15) is 15.9 Å². The van der Waals surface area contributed by atoms with Crippen molar-refractivity contribution in [1.29, 1.82) is 0 Å². The van der Waals surface area contributed by atoms with Crippen molar-refractivity contribution < 1.29 is 9.59 Å². The Bertz CT molecular complexity index is 704. The van der Waals surface area contributed by atoms with E-state index in [0.29, 0.717) is 22.8 Å². The second kappa shape index (κ2) is 7.76. The summed E-state index contributed by atoms with van der Waals surface area (Å²) in [5, 5.41) is 3.38. The van der Waals surface area contributed by atoms with E-state index in [2.05, 4.69) is 5.32 Å². The Kier molecular flexibility index (Phi) is 5.73. The average molecular weight is 332 g/mol. The molecule has 23 heavy (non-hydrogen) atoms. The van der Waals surface area contributed by atoms with E-state index < -0.39 is 0 Å². The first kappa shape index (κ1) is 17.0. The van der Waals surface area contributed by atoms with E-state index >= 15 is 0 Å². The molecule has 0 saturated carbocycles. The third kappa shape index (κ3) is 4.55. The highest BCUT2D eigenvalue weighted by molar-refractivity contribution is 6.30. The van der Waals surface area contributed by atoms with Crippen LogP contribution in [0, 0.1) is 0 Å². The lowest BCUT2D eigenvalue weighted by Gasteiger charge is -2.19. The summed E-state index contributed by atoms with van der Waals surface area (Å²) in [7, 11) is 1.65. The van der Waals surface area contributed by atoms with Gasteiger partial charge in [-0.1, -0.05) is 29.8 Å². The van der Waals surface area contributed by atoms with Gasteiger partial charge in [0.25, 0.3) is 5.91 Å². The van der Waals surface area contributed by atoms with Gasteiger partial charge in [0.2, 0.25) is 5.91 Å². The van der Waals surface area contributed by atoms with Crippen molar-refractivity contribution in [2.75, 3.05) is 18.9 Å². The number of benzene rings is 2. The number of hydrogen-bond acceptors (Lipinski definition) is 3. The number of nitrogens with one attached hydrogen (secondary N) is 1. The first-order valence-corrected chi connectivity index (χ1v) is 7.48. The predicted molar refractivity (Wildman–Crippen MR) is 91.4 cm³/mol. The van der Waals surface area contributed by atoms with Crippen LogP contribution in [-0.4, -0.2) is 30.3 Å². The molecule has 0 saturated heterocycles. The number of amides is 2. The first-order chi connectivity index (χ1) is 11.0. The number of anilines is 1. The topological polar surface area (TPSA) is 75.4 Å². The summed E-state index contributed by atoms with van der Waals surface area (Å²) in [5.74, 6) is -0.410. The van der Waals surface area contributed by atoms with E-state index in [1.54, 1.807) is 49.5 Å². The molecule has 0 aliphatic rings. The monoisotopic (exact) mass is 331 g/mol. The maximum absolute atomic E-state index is 12.3. The molecule has 2 rings (SSSR count). The van der Waals surface area contributed by atoms with Gasteiger partial charge >= 0.3 is 0 Å². The Morgan fingerprint density at radius 2 is 1.87 bits per heavy atom. The van der Waals surface area contributed by atoms with E-state index in [9.17, 15) is 9.59 Å². The molecule has 0 heterocycles. The largest absolute Gasteiger partial charge is 0.340 e. The van der Waals surface area contributed by atoms with Crippen LogP contribution in [0.5, 0.6) is 0 Å². The van der Waals surface area contributed by atoms with Gasteiger partial charge in [0.05, 0.1) is 6.54 Å². The fourth-order valence-electron chi connectivity index (χ4n) is 2.10. The van der Waals surface area contributed by atoms with Crippen LogP contribution in [0.4, 0.5) is 5.69 Å². The standard InChI is InChI=1S/C17H18ClN3O2/c1-21(16(22)10-19)11-13-9-14(18)7-8-15(13)20-17(23)12-5-3-2-4-6-12/h2-9H,10-11,19H2,1H3,(H,20,23). The molecule has 2 aromatic carbocycles. The van der Waals surface area contributed by atoms with Gasteiger partial charge in [-0.2, -0.15) is 0 Å². The van der Waals surface area contributed by atoms with Gasteiger partial charge in [-0.05, 0) is 35.9 Å². The normalized spacial score (nSPS) is 10.2. The van der Waals surface area contributed by atoms with Crippen LogP contribution in [0.2, 0.25) is 5.02 Å². The minimum absolute atomic E-state index is 0.0667. The summed E-state index contributed by atoms with van der Waals surface area (Å²) in [5.41, 5.74) is 7.27. The highest BCUT2D eigenvalue weighted by Gasteiger charge is 2.13. The van der Waals surface area contributed by atoms with E-state index in [4.69, 9.17) is 17.3 Å².